The van der Waals surface area contributed by atoms with Gasteiger partial charge in [-0.15, -0.1) is 0 Å². The molecule has 3 unspecified atom stereocenters. The van der Waals surface area contributed by atoms with Gasteiger partial charge in [-0.2, -0.15) is 0 Å². The van der Waals surface area contributed by atoms with Gasteiger partial charge in [0.15, 0.2) is 11.5 Å². The number of aliphatic hydroxyl groups is 1. The molecule has 1 N–H and O–H groups in total. The summed E-state index contributed by atoms with van der Waals surface area (Å²) < 4.78 is 17.3. The molecule has 0 spiro atoms. The van der Waals surface area contributed by atoms with E-state index in [9.17, 15) is 9.90 Å². The second-order valence-corrected chi connectivity index (χ2v) is 9.98. The normalized spacial score (nSPS) is 23.1. The maximum atomic E-state index is 13.0. The van der Waals surface area contributed by atoms with Crippen molar-refractivity contribution in [2.75, 3.05) is 33.4 Å². The van der Waals surface area contributed by atoms with E-state index >= 15 is 0 Å². The van der Waals surface area contributed by atoms with E-state index in [0.29, 0.717) is 32.1 Å². The summed E-state index contributed by atoms with van der Waals surface area (Å²) in [7, 11) is 1.65. The van der Waals surface area contributed by atoms with Crippen LogP contribution in [-0.4, -0.2) is 55.4 Å². The number of carbonyl (C=O) groups excluding carboxylic acids is 1. The maximum absolute atomic E-state index is 13.0. The topological polar surface area (TPSA) is 68.2 Å². The van der Waals surface area contributed by atoms with Crippen molar-refractivity contribution in [3.8, 4) is 11.5 Å². The standard InChI is InChI=1S/C28H37NO5/c1-20(30)28(2)19-29(27(31)18-33-17-22-7-5-4-6-8-22)16-24(28)23-11-12-25(32-3)26(15-23)34-14-13-21-9-10-21/h4-8,11-12,15,20-21,24,30H,9-10,13-14,16-19H2,1-3H3. The number of likely N-dealkylation sites (tertiary alicyclic amines) is 1. The van der Waals surface area contributed by atoms with Gasteiger partial charge in [0.05, 0.1) is 26.4 Å². The van der Waals surface area contributed by atoms with Crippen LogP contribution in [0.4, 0.5) is 0 Å². The van der Waals surface area contributed by atoms with Crippen LogP contribution in [0, 0.1) is 11.3 Å². The first-order valence-electron chi connectivity index (χ1n) is 12.3. The summed E-state index contributed by atoms with van der Waals surface area (Å²) in [5, 5.41) is 10.7. The van der Waals surface area contributed by atoms with Crippen molar-refractivity contribution < 1.29 is 24.1 Å². The van der Waals surface area contributed by atoms with Gasteiger partial charge in [0.25, 0.3) is 0 Å². The van der Waals surface area contributed by atoms with Gasteiger partial charge in [0.1, 0.15) is 6.61 Å². The van der Waals surface area contributed by atoms with Gasteiger partial charge in [-0.1, -0.05) is 56.2 Å². The molecule has 1 saturated carbocycles. The molecule has 1 aliphatic carbocycles. The van der Waals surface area contributed by atoms with E-state index < -0.39 is 11.5 Å². The van der Waals surface area contributed by atoms with Crippen LogP contribution in [0.15, 0.2) is 48.5 Å². The Morgan fingerprint density at radius 1 is 1.18 bits per heavy atom. The summed E-state index contributed by atoms with van der Waals surface area (Å²) in [5.74, 6) is 2.15. The molecule has 6 nitrogen and oxygen atoms in total. The number of benzene rings is 2. The highest BCUT2D eigenvalue weighted by Crippen LogP contribution is 2.47. The highest BCUT2D eigenvalue weighted by Gasteiger charge is 2.48. The van der Waals surface area contributed by atoms with Crippen LogP contribution in [0.25, 0.3) is 0 Å². The quantitative estimate of drug-likeness (QED) is 0.530. The molecule has 2 fully saturated rings. The van der Waals surface area contributed by atoms with Crippen molar-refractivity contribution >= 4 is 5.91 Å². The van der Waals surface area contributed by atoms with Crippen molar-refractivity contribution in [2.24, 2.45) is 11.3 Å². The number of methoxy groups -OCH3 is 1. The van der Waals surface area contributed by atoms with E-state index in [4.69, 9.17) is 14.2 Å². The lowest BCUT2D eigenvalue weighted by molar-refractivity contribution is -0.136. The highest BCUT2D eigenvalue weighted by atomic mass is 16.5. The summed E-state index contributed by atoms with van der Waals surface area (Å²) in [4.78, 5) is 14.8. The molecule has 1 aliphatic heterocycles. The Morgan fingerprint density at radius 2 is 1.94 bits per heavy atom. The third-order valence-corrected chi connectivity index (χ3v) is 7.45. The van der Waals surface area contributed by atoms with Crippen LogP contribution in [0.2, 0.25) is 0 Å². The first-order chi connectivity index (χ1) is 16.4. The fourth-order valence-electron chi connectivity index (χ4n) is 4.80. The molecule has 1 saturated heterocycles. The first kappa shape index (κ1) is 24.6. The molecule has 2 aromatic rings. The van der Waals surface area contributed by atoms with Gasteiger partial charge in [-0.3, -0.25) is 4.79 Å². The van der Waals surface area contributed by atoms with Gasteiger partial charge in [0, 0.05) is 24.4 Å². The SMILES string of the molecule is COc1ccc(C2CN(C(=O)COCc3ccccc3)CC2(C)C(C)O)cc1OCCC1CC1. The Labute approximate surface area is 202 Å². The lowest BCUT2D eigenvalue weighted by atomic mass is 9.72. The van der Waals surface area contributed by atoms with Gasteiger partial charge in [0.2, 0.25) is 5.91 Å². The summed E-state index contributed by atoms with van der Waals surface area (Å²) in [6.45, 7) is 5.97. The van der Waals surface area contributed by atoms with Crippen molar-refractivity contribution in [1.29, 1.82) is 0 Å². The zero-order chi connectivity index (χ0) is 24.1. The minimum absolute atomic E-state index is 0.0235. The zero-order valence-electron chi connectivity index (χ0n) is 20.5. The molecule has 1 amide bonds. The smallest absolute Gasteiger partial charge is 0.248 e. The summed E-state index contributed by atoms with van der Waals surface area (Å²) in [5.41, 5.74) is 1.61. The lowest BCUT2D eigenvalue weighted by Gasteiger charge is -2.33. The minimum atomic E-state index is -0.582. The van der Waals surface area contributed by atoms with Crippen molar-refractivity contribution in [2.45, 2.75) is 51.7 Å². The van der Waals surface area contributed by atoms with Crippen LogP contribution in [0.1, 0.15) is 50.2 Å². The molecule has 0 bridgehead atoms. The fraction of sp³-hybridized carbons (Fsp3) is 0.536. The molecule has 2 aromatic carbocycles. The average molecular weight is 468 g/mol. The van der Waals surface area contributed by atoms with Crippen LogP contribution in [0.3, 0.4) is 0 Å². The zero-order valence-corrected chi connectivity index (χ0v) is 20.5. The minimum Gasteiger partial charge on any atom is -0.493 e. The largest absolute Gasteiger partial charge is 0.493 e. The number of carbonyl (C=O) groups is 1. The molecule has 34 heavy (non-hydrogen) atoms. The molecule has 1 heterocycles. The van der Waals surface area contributed by atoms with Crippen molar-refractivity contribution in [3.63, 3.8) is 0 Å². The number of hydrogen-bond donors (Lipinski definition) is 1. The third kappa shape index (κ3) is 5.73. The molecule has 0 aromatic heterocycles. The van der Waals surface area contributed by atoms with E-state index in [1.807, 2.05) is 60.4 Å². The summed E-state index contributed by atoms with van der Waals surface area (Å²) in [6, 6.07) is 15.8. The number of aliphatic hydroxyl groups excluding tert-OH is 1. The van der Waals surface area contributed by atoms with Crippen molar-refractivity contribution in [3.05, 3.63) is 59.7 Å². The van der Waals surface area contributed by atoms with Crippen LogP contribution in [-0.2, 0) is 16.1 Å². The van der Waals surface area contributed by atoms with Gasteiger partial charge >= 0.3 is 0 Å². The Hall–Kier alpha value is -2.57. The first-order valence-corrected chi connectivity index (χ1v) is 12.3. The lowest BCUT2D eigenvalue weighted by Crippen LogP contribution is -2.38. The van der Waals surface area contributed by atoms with E-state index in [-0.39, 0.29) is 18.4 Å². The van der Waals surface area contributed by atoms with Crippen LogP contribution in [0.5, 0.6) is 11.5 Å². The Bertz CT molecular complexity index is 959. The summed E-state index contributed by atoms with van der Waals surface area (Å²) >= 11 is 0. The second-order valence-electron chi connectivity index (χ2n) is 9.98. The fourth-order valence-corrected chi connectivity index (χ4v) is 4.80. The van der Waals surface area contributed by atoms with Gasteiger partial charge in [-0.25, -0.2) is 0 Å². The number of nitrogens with zero attached hydrogens (tertiary/aromatic N) is 1. The second kappa shape index (κ2) is 10.8. The molecular weight excluding hydrogens is 430 g/mol. The molecular formula is C28H37NO5. The van der Waals surface area contributed by atoms with Gasteiger partial charge in [-0.05, 0) is 42.5 Å². The van der Waals surface area contributed by atoms with Crippen LogP contribution < -0.4 is 9.47 Å². The molecule has 4 rings (SSSR count). The molecule has 6 heteroatoms. The Balaban J connectivity index is 1.44. The predicted molar refractivity (Wildman–Crippen MR) is 131 cm³/mol. The number of rotatable bonds is 11. The molecule has 0 radical (unpaired) electrons. The number of amides is 1. The number of hydrogen-bond acceptors (Lipinski definition) is 5. The summed E-state index contributed by atoms with van der Waals surface area (Å²) in [6.07, 6.45) is 3.08. The third-order valence-electron chi connectivity index (χ3n) is 7.45. The van der Waals surface area contributed by atoms with Gasteiger partial charge < -0.3 is 24.2 Å². The van der Waals surface area contributed by atoms with E-state index in [1.165, 1.54) is 12.8 Å². The monoisotopic (exact) mass is 467 g/mol. The van der Waals surface area contributed by atoms with E-state index in [0.717, 1.165) is 29.2 Å². The Kier molecular flexibility index (Phi) is 7.79. The molecule has 184 valence electrons. The maximum Gasteiger partial charge on any atom is 0.248 e. The van der Waals surface area contributed by atoms with Crippen LogP contribution >= 0.6 is 0 Å². The van der Waals surface area contributed by atoms with Crippen molar-refractivity contribution in [1.82, 2.24) is 4.90 Å². The highest BCUT2D eigenvalue weighted by molar-refractivity contribution is 5.78. The molecule has 3 atom stereocenters. The molecule has 2 aliphatic rings. The van der Waals surface area contributed by atoms with E-state index in [1.54, 1.807) is 7.11 Å². The number of ether oxygens (including phenoxy) is 3. The Morgan fingerprint density at radius 3 is 2.62 bits per heavy atom. The average Bonchev–Trinajstić information content (AvgIpc) is 3.59. The van der Waals surface area contributed by atoms with E-state index in [2.05, 4.69) is 6.92 Å². The predicted octanol–water partition coefficient (Wildman–Crippen LogP) is 4.40.